The van der Waals surface area contributed by atoms with E-state index in [2.05, 4.69) is 17.1 Å². The first-order valence-electron chi connectivity index (χ1n) is 8.15. The van der Waals surface area contributed by atoms with Crippen molar-refractivity contribution in [3.05, 3.63) is 66.5 Å². The molecule has 0 radical (unpaired) electrons. The summed E-state index contributed by atoms with van der Waals surface area (Å²) in [4.78, 5) is 19.1. The number of hydrogen-bond acceptors (Lipinski definition) is 3. The number of ether oxygens (including phenoxy) is 1. The highest BCUT2D eigenvalue weighted by Gasteiger charge is 2.28. The van der Waals surface area contributed by atoms with Gasteiger partial charge in [0.15, 0.2) is 0 Å². The van der Waals surface area contributed by atoms with Gasteiger partial charge >= 0.3 is 0 Å². The summed E-state index contributed by atoms with van der Waals surface area (Å²) in [5.41, 5.74) is 3.03. The average Bonchev–Trinajstić information content (AvgIpc) is 3.05. The molecule has 24 heavy (non-hydrogen) atoms. The first-order chi connectivity index (χ1) is 11.8. The molecule has 2 heterocycles. The smallest absolute Gasteiger partial charge is 0.244 e. The fourth-order valence-corrected chi connectivity index (χ4v) is 3.24. The third-order valence-electron chi connectivity index (χ3n) is 4.48. The molecule has 5 heteroatoms. The summed E-state index contributed by atoms with van der Waals surface area (Å²) in [6.45, 7) is 1.29. The van der Waals surface area contributed by atoms with Crippen LogP contribution in [0.1, 0.15) is 18.0 Å². The van der Waals surface area contributed by atoms with Gasteiger partial charge in [0.1, 0.15) is 13.3 Å². The summed E-state index contributed by atoms with van der Waals surface area (Å²) >= 11 is 0. The summed E-state index contributed by atoms with van der Waals surface area (Å²) in [7, 11) is 0. The number of imidazole rings is 1. The minimum absolute atomic E-state index is 0.0479. The molecule has 5 nitrogen and oxygen atoms in total. The zero-order valence-electron chi connectivity index (χ0n) is 13.3. The van der Waals surface area contributed by atoms with Crippen LogP contribution in [0.4, 0.5) is 0 Å². The Bertz CT molecular complexity index is 844. The topological polar surface area (TPSA) is 47.4 Å². The van der Waals surface area contributed by atoms with Crippen molar-refractivity contribution in [3.8, 4) is 0 Å². The molecule has 122 valence electrons. The molecule has 1 aromatic heterocycles. The van der Waals surface area contributed by atoms with Gasteiger partial charge in [0, 0.05) is 0 Å². The van der Waals surface area contributed by atoms with E-state index in [4.69, 9.17) is 4.74 Å². The van der Waals surface area contributed by atoms with Crippen molar-refractivity contribution in [2.45, 2.75) is 19.0 Å². The Labute approximate surface area is 140 Å². The third kappa shape index (κ3) is 2.78. The number of carbonyl (C=O) groups excluding carboxylic acids is 1. The summed E-state index contributed by atoms with van der Waals surface area (Å²) in [6, 6.07) is 18.1. The van der Waals surface area contributed by atoms with Crippen molar-refractivity contribution in [1.29, 1.82) is 0 Å². The Kier molecular flexibility index (Phi) is 4.01. The molecule has 3 aromatic rings. The van der Waals surface area contributed by atoms with Gasteiger partial charge < -0.3 is 14.2 Å². The average molecular weight is 321 g/mol. The Balaban J connectivity index is 1.58. The summed E-state index contributed by atoms with van der Waals surface area (Å²) in [6.07, 6.45) is 2.55. The summed E-state index contributed by atoms with van der Waals surface area (Å²) in [5, 5.41) is 0. The number of amides is 1. The van der Waals surface area contributed by atoms with E-state index in [-0.39, 0.29) is 18.5 Å². The van der Waals surface area contributed by atoms with Gasteiger partial charge in [0.05, 0.1) is 30.0 Å². The van der Waals surface area contributed by atoms with Gasteiger partial charge in [-0.25, -0.2) is 4.98 Å². The van der Waals surface area contributed by atoms with Crippen LogP contribution in [0.2, 0.25) is 0 Å². The predicted octanol–water partition coefficient (Wildman–Crippen LogP) is 2.98. The van der Waals surface area contributed by atoms with Crippen LogP contribution in [0.3, 0.4) is 0 Å². The number of rotatable bonds is 3. The van der Waals surface area contributed by atoms with Gasteiger partial charge in [-0.15, -0.1) is 0 Å². The van der Waals surface area contributed by atoms with Gasteiger partial charge in [0.2, 0.25) is 5.91 Å². The molecule has 2 aromatic carbocycles. The van der Waals surface area contributed by atoms with Crippen LogP contribution in [-0.4, -0.2) is 33.7 Å². The molecule has 0 spiro atoms. The standard InChI is InChI=1S/C19H19N3O2/c23-19(12-21-13-20-16-8-4-5-9-18(16)21)22-14-24-11-10-17(22)15-6-2-1-3-7-15/h1-9,13,17H,10-12,14H2. The van der Waals surface area contributed by atoms with Crippen LogP contribution in [-0.2, 0) is 16.1 Å². The quantitative estimate of drug-likeness (QED) is 0.745. The van der Waals surface area contributed by atoms with Gasteiger partial charge in [0.25, 0.3) is 0 Å². The first-order valence-corrected chi connectivity index (χ1v) is 8.15. The van der Waals surface area contributed by atoms with Gasteiger partial charge in [-0.05, 0) is 24.1 Å². The van der Waals surface area contributed by atoms with Crippen molar-refractivity contribution in [2.24, 2.45) is 0 Å². The molecule has 4 rings (SSSR count). The minimum atomic E-state index is 0.0479. The zero-order valence-corrected chi connectivity index (χ0v) is 13.3. The summed E-state index contributed by atoms with van der Waals surface area (Å²) in [5.74, 6) is 0.0479. The third-order valence-corrected chi connectivity index (χ3v) is 4.48. The van der Waals surface area contributed by atoms with Crippen LogP contribution in [0.15, 0.2) is 60.9 Å². The number of aromatic nitrogens is 2. The SMILES string of the molecule is O=C(Cn1cnc2ccccc21)N1COCCC1c1ccccc1. The van der Waals surface area contributed by atoms with Crippen LogP contribution in [0.25, 0.3) is 11.0 Å². The number of fused-ring (bicyclic) bond motifs is 1. The van der Waals surface area contributed by atoms with Crippen LogP contribution >= 0.6 is 0 Å². The monoisotopic (exact) mass is 321 g/mol. The second-order valence-corrected chi connectivity index (χ2v) is 5.98. The molecular formula is C19H19N3O2. The highest BCUT2D eigenvalue weighted by molar-refractivity contribution is 5.80. The van der Waals surface area contributed by atoms with E-state index in [1.165, 1.54) is 0 Å². The Morgan fingerprint density at radius 3 is 2.79 bits per heavy atom. The van der Waals surface area contributed by atoms with Crippen molar-refractivity contribution in [2.75, 3.05) is 13.3 Å². The van der Waals surface area contributed by atoms with E-state index >= 15 is 0 Å². The van der Waals surface area contributed by atoms with E-state index in [0.29, 0.717) is 13.3 Å². The van der Waals surface area contributed by atoms with Gasteiger partial charge in [-0.1, -0.05) is 42.5 Å². The maximum atomic E-state index is 12.9. The maximum Gasteiger partial charge on any atom is 0.244 e. The second kappa shape index (κ2) is 6.45. The normalized spacial score (nSPS) is 18.0. The maximum absolute atomic E-state index is 12.9. The van der Waals surface area contributed by atoms with Crippen molar-refractivity contribution < 1.29 is 9.53 Å². The Hall–Kier alpha value is -2.66. The lowest BCUT2D eigenvalue weighted by Crippen LogP contribution is -2.42. The van der Waals surface area contributed by atoms with Crippen LogP contribution in [0, 0.1) is 0 Å². The zero-order chi connectivity index (χ0) is 16.4. The lowest BCUT2D eigenvalue weighted by atomic mass is 10.0. The highest BCUT2D eigenvalue weighted by Crippen LogP contribution is 2.28. The fraction of sp³-hybridized carbons (Fsp3) is 0.263. The number of benzene rings is 2. The highest BCUT2D eigenvalue weighted by atomic mass is 16.5. The molecule has 0 aliphatic carbocycles. The van der Waals surface area contributed by atoms with Crippen LogP contribution < -0.4 is 0 Å². The van der Waals surface area contributed by atoms with Crippen molar-refractivity contribution >= 4 is 16.9 Å². The first kappa shape index (κ1) is 14.9. The molecular weight excluding hydrogens is 302 g/mol. The molecule has 1 unspecified atom stereocenters. The molecule has 1 aliphatic rings. The molecule has 1 fully saturated rings. The van der Waals surface area contributed by atoms with Gasteiger partial charge in [-0.2, -0.15) is 0 Å². The molecule has 1 aliphatic heterocycles. The fourth-order valence-electron chi connectivity index (χ4n) is 3.24. The van der Waals surface area contributed by atoms with Crippen LogP contribution in [0.5, 0.6) is 0 Å². The van der Waals surface area contributed by atoms with E-state index in [9.17, 15) is 4.79 Å². The lowest BCUT2D eigenvalue weighted by molar-refractivity contribution is -0.147. The lowest BCUT2D eigenvalue weighted by Gasteiger charge is -2.36. The number of carbonyl (C=O) groups is 1. The van der Waals surface area contributed by atoms with Gasteiger partial charge in [-0.3, -0.25) is 4.79 Å². The summed E-state index contributed by atoms with van der Waals surface area (Å²) < 4.78 is 7.44. The van der Waals surface area contributed by atoms with Crippen molar-refractivity contribution in [1.82, 2.24) is 14.5 Å². The molecule has 0 saturated carbocycles. The predicted molar refractivity (Wildman–Crippen MR) is 91.2 cm³/mol. The van der Waals surface area contributed by atoms with E-state index < -0.39 is 0 Å². The molecule has 1 atom stereocenters. The number of nitrogens with zero attached hydrogens (tertiary/aromatic N) is 3. The number of para-hydroxylation sites is 2. The number of hydrogen-bond donors (Lipinski definition) is 0. The van der Waals surface area contributed by atoms with Crippen molar-refractivity contribution in [3.63, 3.8) is 0 Å². The minimum Gasteiger partial charge on any atom is -0.361 e. The Morgan fingerprint density at radius 1 is 1.12 bits per heavy atom. The molecule has 1 amide bonds. The largest absolute Gasteiger partial charge is 0.361 e. The second-order valence-electron chi connectivity index (χ2n) is 5.98. The molecule has 0 bridgehead atoms. The van der Waals surface area contributed by atoms with E-state index in [0.717, 1.165) is 23.0 Å². The molecule has 1 saturated heterocycles. The van der Waals surface area contributed by atoms with E-state index in [1.807, 2.05) is 51.9 Å². The Morgan fingerprint density at radius 2 is 1.92 bits per heavy atom. The molecule has 0 N–H and O–H groups in total. The van der Waals surface area contributed by atoms with E-state index in [1.54, 1.807) is 6.33 Å².